The normalized spacial score (nSPS) is 25.4. The number of esters is 1. The molecule has 2 heterocycles. The number of carbonyl (C=O) groups excluding carboxylic acids is 1. The molecule has 0 aliphatic carbocycles. The Bertz CT molecular complexity index is 695. The molecular formula is C15H24N4O8. The van der Waals surface area contributed by atoms with E-state index in [0.717, 1.165) is 4.57 Å². The highest BCUT2D eigenvalue weighted by atomic mass is 16.6. The van der Waals surface area contributed by atoms with Crippen LogP contribution >= 0.6 is 0 Å². The third kappa shape index (κ3) is 5.72. The van der Waals surface area contributed by atoms with Gasteiger partial charge in [0.1, 0.15) is 36.8 Å². The third-order valence-electron chi connectivity index (χ3n) is 3.84. The van der Waals surface area contributed by atoms with E-state index in [2.05, 4.69) is 4.98 Å². The van der Waals surface area contributed by atoms with Crippen LogP contribution < -0.4 is 17.2 Å². The van der Waals surface area contributed by atoms with Crippen LogP contribution in [0.5, 0.6) is 0 Å². The first-order valence-electron chi connectivity index (χ1n) is 8.00. The molecule has 27 heavy (non-hydrogen) atoms. The second-order valence-corrected chi connectivity index (χ2v) is 6.09. The van der Waals surface area contributed by atoms with Gasteiger partial charge in [0.2, 0.25) is 0 Å². The number of aliphatic hydroxyl groups excluding tert-OH is 2. The molecule has 12 nitrogen and oxygen atoms in total. The summed E-state index contributed by atoms with van der Waals surface area (Å²) in [6.07, 6.45) is -3.60. The number of nitrogens with zero attached hydrogens (tertiary/aromatic N) is 2. The monoisotopic (exact) mass is 388 g/mol. The van der Waals surface area contributed by atoms with E-state index >= 15 is 0 Å². The SMILES string of the molecule is CC(C)[C@@H](N)C(=O)OC[C@H]1O[C@@H](n2ccc(N)nc2=O)[C@@H](O)[C@@H]1O.O=CO. The topological polar surface area (TPSA) is 200 Å². The van der Waals surface area contributed by atoms with Crippen LogP contribution in [0.4, 0.5) is 5.82 Å². The van der Waals surface area contributed by atoms with Crippen LogP contribution in [-0.4, -0.2) is 68.3 Å². The van der Waals surface area contributed by atoms with Crippen molar-refractivity contribution >= 4 is 18.3 Å². The number of aliphatic hydroxyl groups is 2. The molecule has 0 saturated carbocycles. The molecule has 0 spiro atoms. The Kier molecular flexibility index (Phi) is 8.31. The predicted octanol–water partition coefficient (Wildman–Crippen LogP) is -2.33. The van der Waals surface area contributed by atoms with Gasteiger partial charge in [-0.05, 0) is 12.0 Å². The van der Waals surface area contributed by atoms with Crippen molar-refractivity contribution in [1.82, 2.24) is 9.55 Å². The Morgan fingerprint density at radius 1 is 1.44 bits per heavy atom. The summed E-state index contributed by atoms with van der Waals surface area (Å²) in [4.78, 5) is 35.5. The first kappa shape index (κ1) is 22.5. The zero-order valence-electron chi connectivity index (χ0n) is 14.8. The van der Waals surface area contributed by atoms with Gasteiger partial charge in [0.25, 0.3) is 6.47 Å². The molecule has 12 heteroatoms. The van der Waals surface area contributed by atoms with Crippen molar-refractivity contribution in [1.29, 1.82) is 0 Å². The fourth-order valence-corrected chi connectivity index (χ4v) is 2.25. The van der Waals surface area contributed by atoms with E-state index in [4.69, 9.17) is 30.8 Å². The Morgan fingerprint density at radius 2 is 2.04 bits per heavy atom. The molecule has 0 radical (unpaired) electrons. The summed E-state index contributed by atoms with van der Waals surface area (Å²) in [6, 6.07) is 0.562. The summed E-state index contributed by atoms with van der Waals surface area (Å²) in [5.41, 5.74) is 10.3. The summed E-state index contributed by atoms with van der Waals surface area (Å²) in [6.45, 7) is 2.99. The lowest BCUT2D eigenvalue weighted by atomic mass is 10.1. The smallest absolute Gasteiger partial charge is 0.351 e. The van der Waals surface area contributed by atoms with Crippen LogP contribution in [0.3, 0.4) is 0 Å². The maximum absolute atomic E-state index is 11.8. The van der Waals surface area contributed by atoms with Crippen LogP contribution in [0.25, 0.3) is 0 Å². The average molecular weight is 388 g/mol. The highest BCUT2D eigenvalue weighted by Gasteiger charge is 2.44. The lowest BCUT2D eigenvalue weighted by molar-refractivity contribution is -0.152. The van der Waals surface area contributed by atoms with Gasteiger partial charge in [-0.2, -0.15) is 4.98 Å². The van der Waals surface area contributed by atoms with E-state index in [9.17, 15) is 19.8 Å². The number of hydrogen-bond acceptors (Lipinski definition) is 10. The molecule has 1 fully saturated rings. The molecule has 1 aromatic heterocycles. The van der Waals surface area contributed by atoms with Gasteiger partial charge in [-0.25, -0.2) is 4.79 Å². The molecule has 2 rings (SSSR count). The maximum Gasteiger partial charge on any atom is 0.351 e. The van der Waals surface area contributed by atoms with E-state index in [1.807, 2.05) is 0 Å². The molecule has 7 N–H and O–H groups in total. The lowest BCUT2D eigenvalue weighted by Crippen LogP contribution is -2.40. The van der Waals surface area contributed by atoms with E-state index in [1.165, 1.54) is 12.3 Å². The zero-order valence-corrected chi connectivity index (χ0v) is 14.8. The highest BCUT2D eigenvalue weighted by molar-refractivity contribution is 5.75. The maximum atomic E-state index is 11.8. The Labute approximate surface area is 154 Å². The Balaban J connectivity index is 0.00000114. The van der Waals surface area contributed by atoms with Crippen molar-refractivity contribution < 1.29 is 34.4 Å². The molecule has 152 valence electrons. The Morgan fingerprint density at radius 3 is 2.56 bits per heavy atom. The van der Waals surface area contributed by atoms with E-state index in [1.54, 1.807) is 13.8 Å². The standard InChI is InChI=1S/C14H22N4O6.CH2O2/c1-6(2)9(16)13(21)23-5-7-10(19)11(20)12(24-7)18-4-3-8(15)17-14(18)22;2-1-3/h3-4,6-7,9-12,19-20H,5,16H2,1-2H3,(H2,15,17,22);1H,(H,2,3)/t7-,9-,10-,11+,12-;/m1./s1. The largest absolute Gasteiger partial charge is 0.483 e. The number of nitrogens with two attached hydrogens (primary N) is 2. The van der Waals surface area contributed by atoms with Crippen molar-refractivity contribution in [3.63, 3.8) is 0 Å². The van der Waals surface area contributed by atoms with Crippen LogP contribution in [-0.2, 0) is 19.1 Å². The van der Waals surface area contributed by atoms with Gasteiger partial charge in [0.15, 0.2) is 6.23 Å². The second kappa shape index (κ2) is 9.97. The van der Waals surface area contributed by atoms with Crippen LogP contribution in [0.2, 0.25) is 0 Å². The molecule has 0 amide bonds. The quantitative estimate of drug-likeness (QED) is 0.267. The predicted molar refractivity (Wildman–Crippen MR) is 91.3 cm³/mol. The van der Waals surface area contributed by atoms with Crippen molar-refractivity contribution in [2.24, 2.45) is 11.7 Å². The summed E-state index contributed by atoms with van der Waals surface area (Å²) < 4.78 is 11.5. The van der Waals surface area contributed by atoms with Gasteiger partial charge in [0, 0.05) is 6.20 Å². The van der Waals surface area contributed by atoms with E-state index in [0.29, 0.717) is 0 Å². The molecular weight excluding hydrogens is 364 g/mol. The summed E-state index contributed by atoms with van der Waals surface area (Å²) in [5.74, 6) is -0.716. The minimum Gasteiger partial charge on any atom is -0.483 e. The molecule has 0 aromatic carbocycles. The molecule has 0 bridgehead atoms. The first-order chi connectivity index (χ1) is 12.6. The molecule has 1 aliphatic heterocycles. The molecule has 5 atom stereocenters. The number of hydrogen-bond donors (Lipinski definition) is 5. The fourth-order valence-electron chi connectivity index (χ4n) is 2.25. The summed E-state index contributed by atoms with van der Waals surface area (Å²) >= 11 is 0. The zero-order chi connectivity index (χ0) is 20.7. The molecule has 1 aliphatic rings. The number of rotatable bonds is 5. The van der Waals surface area contributed by atoms with Gasteiger partial charge in [-0.3, -0.25) is 14.2 Å². The second-order valence-electron chi connectivity index (χ2n) is 6.09. The van der Waals surface area contributed by atoms with Gasteiger partial charge >= 0.3 is 11.7 Å². The van der Waals surface area contributed by atoms with Crippen LogP contribution in [0.1, 0.15) is 20.1 Å². The van der Waals surface area contributed by atoms with Gasteiger partial charge < -0.3 is 36.3 Å². The molecule has 1 aromatic rings. The van der Waals surface area contributed by atoms with Crippen molar-refractivity contribution in [2.45, 2.75) is 44.4 Å². The number of carboxylic acid groups (broad SMARTS) is 1. The average Bonchev–Trinajstić information content (AvgIpc) is 2.88. The lowest BCUT2D eigenvalue weighted by Gasteiger charge is -2.18. The number of ether oxygens (including phenoxy) is 2. The fraction of sp³-hybridized carbons (Fsp3) is 0.600. The molecule has 1 saturated heterocycles. The van der Waals surface area contributed by atoms with E-state index in [-0.39, 0.29) is 24.8 Å². The van der Waals surface area contributed by atoms with Crippen molar-refractivity contribution in [2.75, 3.05) is 12.3 Å². The van der Waals surface area contributed by atoms with Gasteiger partial charge in [0.05, 0.1) is 0 Å². The third-order valence-corrected chi connectivity index (χ3v) is 3.84. The highest BCUT2D eigenvalue weighted by Crippen LogP contribution is 2.28. The van der Waals surface area contributed by atoms with Gasteiger partial charge in [-0.1, -0.05) is 13.8 Å². The van der Waals surface area contributed by atoms with Gasteiger partial charge in [-0.15, -0.1) is 0 Å². The minimum absolute atomic E-state index is 0.0254. The van der Waals surface area contributed by atoms with Crippen molar-refractivity contribution in [3.8, 4) is 0 Å². The van der Waals surface area contributed by atoms with E-state index < -0.39 is 42.2 Å². The van der Waals surface area contributed by atoms with Crippen LogP contribution in [0, 0.1) is 5.92 Å². The molecule has 0 unspecified atom stereocenters. The minimum atomic E-state index is -1.39. The number of carbonyl (C=O) groups is 2. The summed E-state index contributed by atoms with van der Waals surface area (Å²) in [7, 11) is 0. The van der Waals surface area contributed by atoms with Crippen LogP contribution in [0.15, 0.2) is 17.1 Å². The van der Waals surface area contributed by atoms with Crippen molar-refractivity contribution in [3.05, 3.63) is 22.7 Å². The number of aromatic nitrogens is 2. The number of nitrogen functional groups attached to an aromatic ring is 1. The number of anilines is 1. The first-order valence-corrected chi connectivity index (χ1v) is 8.00. The summed E-state index contributed by atoms with van der Waals surface area (Å²) in [5, 5.41) is 27.0. The Hall–Kier alpha value is -2.54.